The van der Waals surface area contributed by atoms with E-state index in [0.29, 0.717) is 19.5 Å². The van der Waals surface area contributed by atoms with Crippen LogP contribution in [0.15, 0.2) is 0 Å². The van der Waals surface area contributed by atoms with Crippen LogP contribution in [0.4, 0.5) is 4.79 Å². The third-order valence-corrected chi connectivity index (χ3v) is 3.03. The lowest BCUT2D eigenvalue weighted by Gasteiger charge is -2.19. The predicted octanol–water partition coefficient (Wildman–Crippen LogP) is 2.19. The largest absolute Gasteiger partial charge is 0.444 e. The average molecular weight is 323 g/mol. The molecule has 0 spiro atoms. The number of rotatable bonds is 6. The van der Waals surface area contributed by atoms with E-state index in [-0.39, 0.29) is 10.7 Å². The average Bonchev–Trinajstić information content (AvgIpc) is 2.24. The van der Waals surface area contributed by atoms with Gasteiger partial charge in [0.15, 0.2) is 0 Å². The SMILES string of the molecule is CCC(Br)C(=O)NCCCNC(=O)OC(C)(C)C. The predicted molar refractivity (Wildman–Crippen MR) is 74.9 cm³/mol. The van der Waals surface area contributed by atoms with Crippen LogP contribution in [-0.4, -0.2) is 35.5 Å². The Morgan fingerprint density at radius 1 is 1.22 bits per heavy atom. The Morgan fingerprint density at radius 2 is 1.78 bits per heavy atom. The molecule has 1 atom stereocenters. The molecule has 0 rings (SSSR count). The van der Waals surface area contributed by atoms with Crippen molar-refractivity contribution in [2.45, 2.75) is 51.0 Å². The van der Waals surface area contributed by atoms with Gasteiger partial charge in [0, 0.05) is 13.1 Å². The van der Waals surface area contributed by atoms with Gasteiger partial charge in [-0.2, -0.15) is 0 Å². The first kappa shape index (κ1) is 17.2. The molecule has 0 aliphatic heterocycles. The highest BCUT2D eigenvalue weighted by atomic mass is 79.9. The minimum absolute atomic E-state index is 0.0187. The fraction of sp³-hybridized carbons (Fsp3) is 0.833. The summed E-state index contributed by atoms with van der Waals surface area (Å²) in [7, 11) is 0. The second-order valence-electron chi connectivity index (χ2n) is 4.95. The number of alkyl halides is 1. The summed E-state index contributed by atoms with van der Waals surface area (Å²) in [4.78, 5) is 22.5. The lowest BCUT2D eigenvalue weighted by Crippen LogP contribution is -2.35. The molecule has 2 amide bonds. The molecule has 106 valence electrons. The molecule has 5 nitrogen and oxygen atoms in total. The summed E-state index contributed by atoms with van der Waals surface area (Å²) in [5.41, 5.74) is -0.484. The molecule has 0 aromatic rings. The summed E-state index contributed by atoms with van der Waals surface area (Å²) in [5.74, 6) is -0.0187. The number of hydrogen-bond donors (Lipinski definition) is 2. The number of carbonyl (C=O) groups excluding carboxylic acids is 2. The van der Waals surface area contributed by atoms with E-state index in [1.54, 1.807) is 0 Å². The molecule has 0 aromatic carbocycles. The normalized spacial score (nSPS) is 12.7. The molecular weight excluding hydrogens is 300 g/mol. The molecule has 0 heterocycles. The lowest BCUT2D eigenvalue weighted by molar-refractivity contribution is -0.120. The highest BCUT2D eigenvalue weighted by Gasteiger charge is 2.15. The molecule has 0 aliphatic rings. The number of ether oxygens (including phenoxy) is 1. The van der Waals surface area contributed by atoms with Crippen molar-refractivity contribution in [2.24, 2.45) is 0 Å². The second-order valence-corrected chi connectivity index (χ2v) is 6.05. The van der Waals surface area contributed by atoms with Gasteiger partial charge in [-0.25, -0.2) is 4.79 Å². The minimum Gasteiger partial charge on any atom is -0.444 e. The standard InChI is InChI=1S/C12H23BrN2O3/c1-5-9(13)10(16)14-7-6-8-15-11(17)18-12(2,3)4/h9H,5-8H2,1-4H3,(H,14,16)(H,15,17). The quantitative estimate of drug-likeness (QED) is 0.582. The fourth-order valence-electron chi connectivity index (χ4n) is 1.10. The van der Waals surface area contributed by atoms with Crippen molar-refractivity contribution in [1.82, 2.24) is 10.6 Å². The number of nitrogens with one attached hydrogen (secondary N) is 2. The maximum atomic E-state index is 11.4. The van der Waals surface area contributed by atoms with Crippen LogP contribution in [0.5, 0.6) is 0 Å². The van der Waals surface area contributed by atoms with E-state index >= 15 is 0 Å². The second kappa shape index (κ2) is 8.34. The lowest BCUT2D eigenvalue weighted by atomic mass is 10.2. The van der Waals surface area contributed by atoms with Crippen molar-refractivity contribution >= 4 is 27.9 Å². The molecule has 0 saturated carbocycles. The zero-order chi connectivity index (χ0) is 14.2. The molecule has 1 unspecified atom stereocenters. The van der Waals surface area contributed by atoms with Crippen molar-refractivity contribution in [1.29, 1.82) is 0 Å². The number of hydrogen-bond acceptors (Lipinski definition) is 3. The maximum Gasteiger partial charge on any atom is 0.407 e. The zero-order valence-electron chi connectivity index (χ0n) is 11.5. The van der Waals surface area contributed by atoms with Gasteiger partial charge in [-0.05, 0) is 33.6 Å². The molecule has 2 N–H and O–H groups in total. The summed E-state index contributed by atoms with van der Waals surface area (Å²) >= 11 is 3.27. The van der Waals surface area contributed by atoms with Gasteiger partial charge in [0.1, 0.15) is 5.60 Å². The number of carbonyl (C=O) groups is 2. The van der Waals surface area contributed by atoms with Gasteiger partial charge in [-0.3, -0.25) is 4.79 Å². The molecule has 0 aromatic heterocycles. The topological polar surface area (TPSA) is 67.4 Å². The summed E-state index contributed by atoms with van der Waals surface area (Å²) in [6, 6.07) is 0. The van der Waals surface area contributed by atoms with E-state index in [4.69, 9.17) is 4.74 Å². The van der Waals surface area contributed by atoms with Crippen LogP contribution in [0.2, 0.25) is 0 Å². The van der Waals surface area contributed by atoms with Crippen LogP contribution in [0.25, 0.3) is 0 Å². The summed E-state index contributed by atoms with van der Waals surface area (Å²) in [6.07, 6.45) is 0.997. The van der Waals surface area contributed by atoms with Crippen molar-refractivity contribution in [3.63, 3.8) is 0 Å². The summed E-state index contributed by atoms with van der Waals surface area (Å²) in [5, 5.41) is 5.41. The molecule has 18 heavy (non-hydrogen) atoms. The Bertz CT molecular complexity index is 277. The fourth-order valence-corrected chi connectivity index (χ4v) is 1.26. The van der Waals surface area contributed by atoms with Crippen molar-refractivity contribution in [3.8, 4) is 0 Å². The van der Waals surface area contributed by atoms with E-state index in [1.807, 2.05) is 27.7 Å². The molecule has 0 fully saturated rings. The molecule has 0 saturated heterocycles. The first-order chi connectivity index (χ1) is 8.26. The number of amides is 2. The Labute approximate surface area is 117 Å². The van der Waals surface area contributed by atoms with E-state index in [9.17, 15) is 9.59 Å². The highest BCUT2D eigenvalue weighted by molar-refractivity contribution is 9.10. The van der Waals surface area contributed by atoms with Gasteiger partial charge >= 0.3 is 6.09 Å². The monoisotopic (exact) mass is 322 g/mol. The van der Waals surface area contributed by atoms with Gasteiger partial charge in [0.2, 0.25) is 5.91 Å². The molecular formula is C12H23BrN2O3. The summed E-state index contributed by atoms with van der Waals surface area (Å²) < 4.78 is 5.08. The van der Waals surface area contributed by atoms with Crippen LogP contribution >= 0.6 is 15.9 Å². The number of halogens is 1. The molecule has 0 bridgehead atoms. The van der Waals surface area contributed by atoms with Gasteiger partial charge in [0.25, 0.3) is 0 Å². The Morgan fingerprint density at radius 3 is 2.28 bits per heavy atom. The smallest absolute Gasteiger partial charge is 0.407 e. The van der Waals surface area contributed by atoms with Gasteiger partial charge in [0.05, 0.1) is 4.83 Å². The third-order valence-electron chi connectivity index (χ3n) is 1.96. The van der Waals surface area contributed by atoms with Crippen molar-refractivity contribution in [3.05, 3.63) is 0 Å². The van der Waals surface area contributed by atoms with Crippen LogP contribution in [-0.2, 0) is 9.53 Å². The van der Waals surface area contributed by atoms with E-state index < -0.39 is 11.7 Å². The first-order valence-electron chi connectivity index (χ1n) is 6.15. The maximum absolute atomic E-state index is 11.4. The molecule has 0 aliphatic carbocycles. The highest BCUT2D eigenvalue weighted by Crippen LogP contribution is 2.06. The van der Waals surface area contributed by atoms with Crippen molar-refractivity contribution in [2.75, 3.05) is 13.1 Å². The number of alkyl carbamates (subject to hydrolysis) is 1. The van der Waals surface area contributed by atoms with E-state index in [2.05, 4.69) is 26.6 Å². The van der Waals surface area contributed by atoms with Crippen LogP contribution < -0.4 is 10.6 Å². The zero-order valence-corrected chi connectivity index (χ0v) is 13.1. The molecule has 6 heteroatoms. The van der Waals surface area contributed by atoms with E-state index in [1.165, 1.54) is 0 Å². The first-order valence-corrected chi connectivity index (χ1v) is 7.06. The van der Waals surface area contributed by atoms with Crippen LogP contribution in [0.3, 0.4) is 0 Å². The van der Waals surface area contributed by atoms with Gasteiger partial charge in [-0.15, -0.1) is 0 Å². The van der Waals surface area contributed by atoms with Crippen molar-refractivity contribution < 1.29 is 14.3 Å². The van der Waals surface area contributed by atoms with Crippen LogP contribution in [0.1, 0.15) is 40.5 Å². The molecule has 0 radical (unpaired) electrons. The minimum atomic E-state index is -0.484. The van der Waals surface area contributed by atoms with Gasteiger partial charge in [-0.1, -0.05) is 22.9 Å². The Balaban J connectivity index is 3.57. The van der Waals surface area contributed by atoms with Gasteiger partial charge < -0.3 is 15.4 Å². The summed E-state index contributed by atoms with van der Waals surface area (Å²) in [6.45, 7) is 8.39. The van der Waals surface area contributed by atoms with Crippen LogP contribution in [0, 0.1) is 0 Å². The van der Waals surface area contributed by atoms with E-state index in [0.717, 1.165) is 6.42 Å². The Hall–Kier alpha value is -0.780. The third kappa shape index (κ3) is 9.27. The Kier molecular flexibility index (Phi) is 7.98.